The third-order valence-electron chi connectivity index (χ3n) is 9.61. The van der Waals surface area contributed by atoms with Crippen LogP contribution in [0.4, 0.5) is 17.1 Å². The van der Waals surface area contributed by atoms with Crippen molar-refractivity contribution in [2.24, 2.45) is 0 Å². The van der Waals surface area contributed by atoms with Crippen molar-refractivity contribution in [2.45, 2.75) is 0 Å². The fraction of sp³-hybridized carbons (Fsp3) is 0. The zero-order valence-corrected chi connectivity index (χ0v) is 27.0. The molecule has 9 aromatic carbocycles. The number of hydrogen-bond donors (Lipinski definition) is 0. The van der Waals surface area contributed by atoms with Gasteiger partial charge >= 0.3 is 0 Å². The molecule has 49 heavy (non-hydrogen) atoms. The van der Waals surface area contributed by atoms with Crippen molar-refractivity contribution in [3.05, 3.63) is 199 Å². The summed E-state index contributed by atoms with van der Waals surface area (Å²) in [5.41, 5.74) is 8.39. The van der Waals surface area contributed by atoms with E-state index in [2.05, 4.69) is 205 Å². The number of benzene rings is 9. The topological polar surface area (TPSA) is 3.24 Å². The molecule has 1 heteroatoms. The van der Waals surface area contributed by atoms with Crippen LogP contribution in [0.2, 0.25) is 0 Å². The Labute approximate surface area is 286 Å². The molecule has 9 aromatic rings. The predicted octanol–water partition coefficient (Wildman–Crippen LogP) is 13.6. The van der Waals surface area contributed by atoms with Crippen LogP contribution in [0, 0.1) is 0 Å². The van der Waals surface area contributed by atoms with E-state index in [-0.39, 0.29) is 0 Å². The maximum Gasteiger partial charge on any atom is 0.0468 e. The average molecular weight is 624 g/mol. The first-order valence-electron chi connectivity index (χ1n) is 16.9. The largest absolute Gasteiger partial charge is 0.310 e. The van der Waals surface area contributed by atoms with Gasteiger partial charge in [0.15, 0.2) is 0 Å². The van der Waals surface area contributed by atoms with Crippen molar-refractivity contribution in [1.82, 2.24) is 0 Å². The van der Waals surface area contributed by atoms with E-state index in [9.17, 15) is 0 Å². The number of fused-ring (bicyclic) bond motifs is 4. The van der Waals surface area contributed by atoms with Crippen molar-refractivity contribution in [1.29, 1.82) is 0 Å². The number of nitrogens with zero attached hydrogens (tertiary/aromatic N) is 1. The molecule has 0 radical (unpaired) electrons. The van der Waals surface area contributed by atoms with Crippen molar-refractivity contribution >= 4 is 72.3 Å². The summed E-state index contributed by atoms with van der Waals surface area (Å²) in [5.74, 6) is 0. The molecule has 9 rings (SSSR count). The molecule has 0 spiro atoms. The smallest absolute Gasteiger partial charge is 0.0468 e. The van der Waals surface area contributed by atoms with Crippen LogP contribution in [0.3, 0.4) is 0 Å². The van der Waals surface area contributed by atoms with Gasteiger partial charge in [-0.05, 0) is 108 Å². The van der Waals surface area contributed by atoms with E-state index >= 15 is 0 Å². The average Bonchev–Trinajstić information content (AvgIpc) is 3.17. The summed E-state index contributed by atoms with van der Waals surface area (Å²) < 4.78 is 0. The summed E-state index contributed by atoms with van der Waals surface area (Å²) in [5, 5.41) is 10.0. The quantitative estimate of drug-likeness (QED) is 0.132. The Balaban J connectivity index is 1.14. The maximum atomic E-state index is 2.31. The molecule has 230 valence electrons. The van der Waals surface area contributed by atoms with E-state index in [1.54, 1.807) is 0 Å². The highest BCUT2D eigenvalue weighted by Gasteiger charge is 2.16. The van der Waals surface area contributed by atoms with E-state index in [4.69, 9.17) is 0 Å². The molecule has 0 atom stereocenters. The van der Waals surface area contributed by atoms with E-state index in [1.165, 1.54) is 65.3 Å². The molecule has 0 aliphatic carbocycles. The molecule has 0 heterocycles. The normalized spacial score (nSPS) is 11.6. The lowest BCUT2D eigenvalue weighted by molar-refractivity contribution is 1.29. The second-order valence-corrected chi connectivity index (χ2v) is 12.5. The fourth-order valence-electron chi connectivity index (χ4n) is 7.35. The summed E-state index contributed by atoms with van der Waals surface area (Å²) in [6.07, 6.45) is 4.57. The Morgan fingerprint density at radius 2 is 0.857 bits per heavy atom. The van der Waals surface area contributed by atoms with Gasteiger partial charge in [0, 0.05) is 17.1 Å². The van der Waals surface area contributed by atoms with Crippen LogP contribution in [0.5, 0.6) is 0 Å². The Morgan fingerprint density at radius 3 is 1.53 bits per heavy atom. The van der Waals surface area contributed by atoms with E-state index in [1.807, 2.05) is 0 Å². The molecule has 0 aliphatic heterocycles. The van der Waals surface area contributed by atoms with Gasteiger partial charge in [-0.15, -0.1) is 0 Å². The van der Waals surface area contributed by atoms with Crippen LogP contribution in [0.1, 0.15) is 11.1 Å². The first-order valence-corrected chi connectivity index (χ1v) is 16.9. The monoisotopic (exact) mass is 623 g/mol. The number of rotatable bonds is 6. The van der Waals surface area contributed by atoms with E-state index in [0.717, 1.165) is 17.1 Å². The Hall–Kier alpha value is -6.44. The third kappa shape index (κ3) is 5.23. The lowest BCUT2D eigenvalue weighted by atomic mass is 9.86. The molecule has 0 fully saturated rings. The van der Waals surface area contributed by atoms with Gasteiger partial charge in [0.05, 0.1) is 0 Å². The predicted molar refractivity (Wildman–Crippen MR) is 212 cm³/mol. The molecule has 0 saturated carbocycles. The second-order valence-electron chi connectivity index (χ2n) is 12.5. The highest BCUT2D eigenvalue weighted by Crippen LogP contribution is 2.42. The van der Waals surface area contributed by atoms with Crippen molar-refractivity contribution in [3.63, 3.8) is 0 Å². The van der Waals surface area contributed by atoms with Gasteiger partial charge < -0.3 is 4.90 Å². The highest BCUT2D eigenvalue weighted by atomic mass is 15.1. The van der Waals surface area contributed by atoms with Gasteiger partial charge in [-0.2, -0.15) is 0 Å². The first kappa shape index (κ1) is 28.8. The molecular formula is C48H33N. The summed E-state index contributed by atoms with van der Waals surface area (Å²) >= 11 is 0. The summed E-state index contributed by atoms with van der Waals surface area (Å²) in [7, 11) is 0. The Morgan fingerprint density at radius 1 is 0.327 bits per heavy atom. The second kappa shape index (κ2) is 12.3. The highest BCUT2D eigenvalue weighted by molar-refractivity contribution is 6.20. The first-order chi connectivity index (χ1) is 24.3. The van der Waals surface area contributed by atoms with Crippen molar-refractivity contribution in [3.8, 4) is 11.1 Å². The number of anilines is 3. The SMILES string of the molecule is C(=C\c1c2ccccc2c(-c2cccc3ccccc23)c2ccccc12)/c1ccc2cc(N(c3ccccc3)c3ccccc3)ccc2c1. The standard InChI is InChI=1S/C48H33N/c1-3-16-38(17-4-1)49(39-18-5-2-6-19-39)40-30-29-36-32-34(26-28-37(36)33-40)27-31-44-42-21-9-11-23-46(42)48(47-24-12-10-22-43(44)47)45-25-13-15-35-14-7-8-20-41(35)45/h1-33H/b31-27+. The minimum Gasteiger partial charge on any atom is -0.310 e. The van der Waals surface area contributed by atoms with Gasteiger partial charge in [-0.25, -0.2) is 0 Å². The van der Waals surface area contributed by atoms with Gasteiger partial charge in [0.25, 0.3) is 0 Å². The molecule has 0 aromatic heterocycles. The Bertz CT molecular complexity index is 2550. The van der Waals surface area contributed by atoms with Crippen molar-refractivity contribution in [2.75, 3.05) is 4.90 Å². The summed E-state index contributed by atoms with van der Waals surface area (Å²) in [6, 6.07) is 67.7. The molecule has 0 unspecified atom stereocenters. The maximum absolute atomic E-state index is 2.31. The van der Waals surface area contributed by atoms with Crippen LogP contribution in [-0.4, -0.2) is 0 Å². The zero-order chi connectivity index (χ0) is 32.6. The van der Waals surface area contributed by atoms with Gasteiger partial charge in [-0.3, -0.25) is 0 Å². The van der Waals surface area contributed by atoms with E-state index < -0.39 is 0 Å². The minimum atomic E-state index is 1.14. The van der Waals surface area contributed by atoms with Crippen LogP contribution in [0.25, 0.3) is 66.4 Å². The number of hydrogen-bond acceptors (Lipinski definition) is 1. The lowest BCUT2D eigenvalue weighted by Gasteiger charge is -2.25. The van der Waals surface area contributed by atoms with Crippen molar-refractivity contribution < 1.29 is 0 Å². The van der Waals surface area contributed by atoms with Gasteiger partial charge in [0.1, 0.15) is 0 Å². The Kier molecular flexibility index (Phi) is 7.22. The molecule has 0 saturated heterocycles. The van der Waals surface area contributed by atoms with Gasteiger partial charge in [-0.1, -0.05) is 158 Å². The molecule has 0 bridgehead atoms. The molecule has 0 amide bonds. The zero-order valence-electron chi connectivity index (χ0n) is 27.0. The van der Waals surface area contributed by atoms with E-state index in [0.29, 0.717) is 0 Å². The van der Waals surface area contributed by atoms with Crippen LogP contribution in [0.15, 0.2) is 188 Å². The summed E-state index contributed by atoms with van der Waals surface area (Å²) in [6.45, 7) is 0. The van der Waals surface area contributed by atoms with Crippen LogP contribution < -0.4 is 4.90 Å². The van der Waals surface area contributed by atoms with Gasteiger partial charge in [0.2, 0.25) is 0 Å². The lowest BCUT2D eigenvalue weighted by Crippen LogP contribution is -2.09. The van der Waals surface area contributed by atoms with Crippen LogP contribution in [-0.2, 0) is 0 Å². The minimum absolute atomic E-state index is 1.14. The molecular weight excluding hydrogens is 591 g/mol. The fourth-order valence-corrected chi connectivity index (χ4v) is 7.35. The molecule has 0 aliphatic rings. The summed E-state index contributed by atoms with van der Waals surface area (Å²) in [4.78, 5) is 2.31. The third-order valence-corrected chi connectivity index (χ3v) is 9.61. The van der Waals surface area contributed by atoms with Crippen LogP contribution >= 0.6 is 0 Å². The number of para-hydroxylation sites is 2. The molecule has 1 nitrogen and oxygen atoms in total. The molecule has 0 N–H and O–H groups in total.